The van der Waals surface area contributed by atoms with Crippen molar-refractivity contribution in [1.82, 2.24) is 0 Å². The molecule has 0 heterocycles. The Balaban J connectivity index is 3.35. The summed E-state index contributed by atoms with van der Waals surface area (Å²) in [4.78, 5) is 21.4. The number of ketones is 1. The van der Waals surface area contributed by atoms with Crippen LogP contribution >= 0.6 is 0 Å². The molecule has 0 N–H and O–H groups in total. The van der Waals surface area contributed by atoms with Crippen LogP contribution in [-0.2, 0) is 14.3 Å². The van der Waals surface area contributed by atoms with E-state index in [1.165, 1.54) is 0 Å². The SMILES string of the molecule is CCOC(=O)CC/C=C\CCC(C)=O. The molecule has 0 radical (unpaired) electrons. The minimum atomic E-state index is -0.163. The number of hydrogen-bond donors (Lipinski definition) is 0. The van der Waals surface area contributed by atoms with Gasteiger partial charge in [0.05, 0.1) is 6.61 Å². The number of carbonyl (C=O) groups is 2. The third-order valence-corrected chi connectivity index (χ3v) is 1.65. The molecule has 0 spiro atoms. The van der Waals surface area contributed by atoms with Gasteiger partial charge in [-0.1, -0.05) is 12.2 Å². The monoisotopic (exact) mass is 198 g/mol. The second kappa shape index (κ2) is 8.48. The van der Waals surface area contributed by atoms with Gasteiger partial charge in [0.15, 0.2) is 0 Å². The molecule has 0 aromatic carbocycles. The van der Waals surface area contributed by atoms with Gasteiger partial charge < -0.3 is 9.53 Å². The molecule has 0 aliphatic rings. The van der Waals surface area contributed by atoms with Crippen LogP contribution in [0.3, 0.4) is 0 Å². The first-order valence-corrected chi connectivity index (χ1v) is 4.97. The molecule has 0 saturated carbocycles. The Kier molecular flexibility index (Phi) is 7.80. The number of rotatable bonds is 7. The minimum Gasteiger partial charge on any atom is -0.466 e. The molecule has 0 aliphatic carbocycles. The van der Waals surface area contributed by atoms with Gasteiger partial charge in [0.1, 0.15) is 5.78 Å². The van der Waals surface area contributed by atoms with Crippen LogP contribution in [0.5, 0.6) is 0 Å². The van der Waals surface area contributed by atoms with E-state index in [-0.39, 0.29) is 11.8 Å². The molecule has 14 heavy (non-hydrogen) atoms. The number of carbonyl (C=O) groups excluding carboxylic acids is 2. The Morgan fingerprint density at radius 1 is 1.14 bits per heavy atom. The zero-order chi connectivity index (χ0) is 10.8. The summed E-state index contributed by atoms with van der Waals surface area (Å²) in [5, 5.41) is 0. The van der Waals surface area contributed by atoms with Crippen LogP contribution in [0, 0.1) is 0 Å². The maximum atomic E-state index is 10.9. The van der Waals surface area contributed by atoms with Crippen molar-refractivity contribution in [2.24, 2.45) is 0 Å². The summed E-state index contributed by atoms with van der Waals surface area (Å²) in [5.74, 6) is 0.0313. The second-order valence-electron chi connectivity index (χ2n) is 3.06. The molecule has 3 nitrogen and oxygen atoms in total. The van der Waals surface area contributed by atoms with E-state index in [0.717, 1.165) is 6.42 Å². The van der Waals surface area contributed by atoms with E-state index in [1.807, 2.05) is 12.2 Å². The molecule has 0 aliphatic heterocycles. The number of allylic oxidation sites excluding steroid dienone is 2. The highest BCUT2D eigenvalue weighted by atomic mass is 16.5. The van der Waals surface area contributed by atoms with Crippen molar-refractivity contribution < 1.29 is 14.3 Å². The van der Waals surface area contributed by atoms with E-state index in [1.54, 1.807) is 13.8 Å². The fourth-order valence-electron chi connectivity index (χ4n) is 0.957. The van der Waals surface area contributed by atoms with Crippen molar-refractivity contribution in [3.05, 3.63) is 12.2 Å². The lowest BCUT2D eigenvalue weighted by atomic mass is 10.2. The van der Waals surface area contributed by atoms with E-state index in [4.69, 9.17) is 4.74 Å². The Hall–Kier alpha value is -1.12. The fourth-order valence-corrected chi connectivity index (χ4v) is 0.957. The maximum absolute atomic E-state index is 10.9. The van der Waals surface area contributed by atoms with Crippen molar-refractivity contribution in [1.29, 1.82) is 0 Å². The van der Waals surface area contributed by atoms with Crippen LogP contribution < -0.4 is 0 Å². The predicted molar refractivity (Wildman–Crippen MR) is 54.9 cm³/mol. The van der Waals surface area contributed by atoms with Crippen molar-refractivity contribution in [2.45, 2.75) is 39.5 Å². The molecule has 0 bridgehead atoms. The average molecular weight is 198 g/mol. The van der Waals surface area contributed by atoms with Crippen molar-refractivity contribution in [2.75, 3.05) is 6.61 Å². The Labute approximate surface area is 85.1 Å². The third kappa shape index (κ3) is 8.97. The van der Waals surface area contributed by atoms with Crippen LogP contribution in [0.4, 0.5) is 0 Å². The summed E-state index contributed by atoms with van der Waals surface area (Å²) in [6.07, 6.45) is 6.30. The van der Waals surface area contributed by atoms with Crippen molar-refractivity contribution in [3.8, 4) is 0 Å². The molecule has 0 rings (SSSR count). The average Bonchev–Trinajstić information content (AvgIpc) is 2.11. The quantitative estimate of drug-likeness (QED) is 0.465. The van der Waals surface area contributed by atoms with Crippen molar-refractivity contribution in [3.63, 3.8) is 0 Å². The summed E-state index contributed by atoms with van der Waals surface area (Å²) in [5.41, 5.74) is 0. The summed E-state index contributed by atoms with van der Waals surface area (Å²) in [6, 6.07) is 0. The second-order valence-corrected chi connectivity index (χ2v) is 3.06. The Bertz CT molecular complexity index is 207. The molecule has 0 saturated heterocycles. The Morgan fingerprint density at radius 3 is 2.21 bits per heavy atom. The molecular formula is C11H18O3. The predicted octanol–water partition coefficient (Wildman–Crippen LogP) is 2.26. The van der Waals surface area contributed by atoms with E-state index >= 15 is 0 Å². The summed E-state index contributed by atoms with van der Waals surface area (Å²) in [6.45, 7) is 3.81. The lowest BCUT2D eigenvalue weighted by Crippen LogP contribution is -2.02. The van der Waals surface area contributed by atoms with E-state index < -0.39 is 0 Å². The molecule has 3 heteroatoms. The number of hydrogen-bond acceptors (Lipinski definition) is 3. The maximum Gasteiger partial charge on any atom is 0.306 e. The highest BCUT2D eigenvalue weighted by Crippen LogP contribution is 1.97. The molecular weight excluding hydrogens is 180 g/mol. The van der Waals surface area contributed by atoms with Gasteiger partial charge in [0, 0.05) is 12.8 Å². The lowest BCUT2D eigenvalue weighted by molar-refractivity contribution is -0.143. The minimum absolute atomic E-state index is 0.163. The molecule has 0 amide bonds. The number of ether oxygens (including phenoxy) is 1. The summed E-state index contributed by atoms with van der Waals surface area (Å²) >= 11 is 0. The first-order valence-electron chi connectivity index (χ1n) is 4.97. The number of Topliss-reactive ketones (excluding diaryl/α,β-unsaturated/α-hetero) is 1. The molecule has 0 unspecified atom stereocenters. The van der Waals surface area contributed by atoms with Crippen molar-refractivity contribution >= 4 is 11.8 Å². The smallest absolute Gasteiger partial charge is 0.306 e. The normalized spacial score (nSPS) is 10.4. The lowest BCUT2D eigenvalue weighted by Gasteiger charge is -1.97. The standard InChI is InChI=1S/C11H18O3/c1-3-14-11(13)9-7-5-4-6-8-10(2)12/h4-5H,3,6-9H2,1-2H3/b5-4-. The zero-order valence-electron chi connectivity index (χ0n) is 8.91. The van der Waals surface area contributed by atoms with Crippen LogP contribution in [0.25, 0.3) is 0 Å². The van der Waals surface area contributed by atoms with Gasteiger partial charge >= 0.3 is 5.97 Å². The fraction of sp³-hybridized carbons (Fsp3) is 0.636. The van der Waals surface area contributed by atoms with Gasteiger partial charge in [-0.3, -0.25) is 4.79 Å². The summed E-state index contributed by atoms with van der Waals surface area (Å²) < 4.78 is 4.76. The van der Waals surface area contributed by atoms with Gasteiger partial charge in [-0.05, 0) is 26.7 Å². The molecule has 0 fully saturated rings. The molecule has 0 atom stereocenters. The van der Waals surface area contributed by atoms with Crippen LogP contribution in [-0.4, -0.2) is 18.4 Å². The highest BCUT2D eigenvalue weighted by molar-refractivity contribution is 5.75. The first kappa shape index (κ1) is 12.9. The molecule has 0 aromatic rings. The number of esters is 1. The van der Waals surface area contributed by atoms with Gasteiger partial charge in [-0.2, -0.15) is 0 Å². The van der Waals surface area contributed by atoms with Gasteiger partial charge in [0.2, 0.25) is 0 Å². The zero-order valence-corrected chi connectivity index (χ0v) is 8.91. The summed E-state index contributed by atoms with van der Waals surface area (Å²) in [7, 11) is 0. The molecule has 80 valence electrons. The topological polar surface area (TPSA) is 43.4 Å². The van der Waals surface area contributed by atoms with Crippen LogP contribution in [0.2, 0.25) is 0 Å². The molecule has 0 aromatic heterocycles. The largest absolute Gasteiger partial charge is 0.466 e. The van der Waals surface area contributed by atoms with Gasteiger partial charge in [-0.25, -0.2) is 0 Å². The highest BCUT2D eigenvalue weighted by Gasteiger charge is 1.97. The van der Waals surface area contributed by atoms with E-state index in [2.05, 4.69) is 0 Å². The van der Waals surface area contributed by atoms with Gasteiger partial charge in [-0.15, -0.1) is 0 Å². The Morgan fingerprint density at radius 2 is 1.71 bits per heavy atom. The van der Waals surface area contributed by atoms with Crippen LogP contribution in [0.1, 0.15) is 39.5 Å². The van der Waals surface area contributed by atoms with Crippen LogP contribution in [0.15, 0.2) is 12.2 Å². The van der Waals surface area contributed by atoms with Gasteiger partial charge in [0.25, 0.3) is 0 Å². The van der Waals surface area contributed by atoms with E-state index in [9.17, 15) is 9.59 Å². The third-order valence-electron chi connectivity index (χ3n) is 1.65. The first-order chi connectivity index (χ1) is 6.66. The van der Waals surface area contributed by atoms with E-state index in [0.29, 0.717) is 25.9 Å².